The van der Waals surface area contributed by atoms with Gasteiger partial charge in [-0.25, -0.2) is 4.79 Å². The Morgan fingerprint density at radius 1 is 1.09 bits per heavy atom. The standard InChI is InChI=1S/C24H24N4O4/c1-15-10-17(11-18-13-25-26-21(15)18)22(30)27-8-6-24(7-9-27)12-20(29)28(14-24)19-4-2-16(3-5-19)23(31)32/h2-5,10-11,13H,6-9,12,14H2,1H3,(H,25,26)(H,31,32). The number of hydrogen-bond acceptors (Lipinski definition) is 4. The monoisotopic (exact) mass is 432 g/mol. The van der Waals surface area contributed by atoms with E-state index in [9.17, 15) is 14.4 Å². The summed E-state index contributed by atoms with van der Waals surface area (Å²) in [5, 5.41) is 17.0. The van der Waals surface area contributed by atoms with Crippen molar-refractivity contribution >= 4 is 34.4 Å². The molecule has 0 saturated carbocycles. The summed E-state index contributed by atoms with van der Waals surface area (Å²) in [6.07, 6.45) is 3.71. The fourth-order valence-corrected chi connectivity index (χ4v) is 4.98. The second kappa shape index (κ2) is 7.47. The highest BCUT2D eigenvalue weighted by Crippen LogP contribution is 2.43. The lowest BCUT2D eigenvalue weighted by Crippen LogP contribution is -2.44. The summed E-state index contributed by atoms with van der Waals surface area (Å²) in [5.74, 6) is -0.926. The number of carboxylic acids is 1. The molecule has 32 heavy (non-hydrogen) atoms. The second-order valence-corrected chi connectivity index (χ2v) is 8.93. The van der Waals surface area contributed by atoms with Gasteiger partial charge in [-0.1, -0.05) is 0 Å². The van der Waals surface area contributed by atoms with E-state index in [1.165, 1.54) is 12.1 Å². The van der Waals surface area contributed by atoms with Crippen molar-refractivity contribution in [2.75, 3.05) is 24.5 Å². The van der Waals surface area contributed by atoms with Gasteiger partial charge >= 0.3 is 5.97 Å². The van der Waals surface area contributed by atoms with E-state index in [4.69, 9.17) is 5.11 Å². The zero-order chi connectivity index (χ0) is 22.5. The van der Waals surface area contributed by atoms with E-state index in [1.807, 2.05) is 24.0 Å². The van der Waals surface area contributed by atoms with Crippen LogP contribution in [0, 0.1) is 12.3 Å². The van der Waals surface area contributed by atoms with E-state index in [2.05, 4.69) is 10.2 Å². The third-order valence-electron chi connectivity index (χ3n) is 6.85. The minimum absolute atomic E-state index is 0.0106. The van der Waals surface area contributed by atoms with Gasteiger partial charge in [0.05, 0.1) is 17.3 Å². The fraction of sp³-hybridized carbons (Fsp3) is 0.333. The predicted molar refractivity (Wildman–Crippen MR) is 119 cm³/mol. The summed E-state index contributed by atoms with van der Waals surface area (Å²) in [6.45, 7) is 3.78. The average molecular weight is 432 g/mol. The lowest BCUT2D eigenvalue weighted by molar-refractivity contribution is -0.118. The van der Waals surface area contributed by atoms with Crippen LogP contribution in [0.4, 0.5) is 5.69 Å². The molecule has 0 unspecified atom stereocenters. The van der Waals surface area contributed by atoms with Crippen LogP contribution in [0.2, 0.25) is 0 Å². The zero-order valence-corrected chi connectivity index (χ0v) is 17.8. The molecular weight excluding hydrogens is 408 g/mol. The van der Waals surface area contributed by atoms with Gasteiger partial charge < -0.3 is 14.9 Å². The zero-order valence-electron chi connectivity index (χ0n) is 17.8. The Balaban J connectivity index is 1.28. The van der Waals surface area contributed by atoms with E-state index in [0.717, 1.165) is 35.0 Å². The minimum atomic E-state index is -0.986. The number of fused-ring (bicyclic) bond motifs is 1. The normalized spacial score (nSPS) is 18.0. The molecule has 2 amide bonds. The van der Waals surface area contributed by atoms with Gasteiger partial charge in [-0.15, -0.1) is 0 Å². The molecule has 164 valence electrons. The Morgan fingerprint density at radius 2 is 1.81 bits per heavy atom. The maximum Gasteiger partial charge on any atom is 0.335 e. The highest BCUT2D eigenvalue weighted by molar-refractivity contribution is 5.99. The molecule has 5 rings (SSSR count). The third kappa shape index (κ3) is 3.41. The van der Waals surface area contributed by atoms with Crippen molar-refractivity contribution in [2.24, 2.45) is 5.41 Å². The maximum absolute atomic E-state index is 13.1. The molecule has 2 saturated heterocycles. The lowest BCUT2D eigenvalue weighted by atomic mass is 9.77. The number of carboxylic acid groups (broad SMARTS) is 1. The summed E-state index contributed by atoms with van der Waals surface area (Å²) in [7, 11) is 0. The van der Waals surface area contributed by atoms with Gasteiger partial charge in [-0.3, -0.25) is 14.7 Å². The molecule has 0 aliphatic carbocycles. The van der Waals surface area contributed by atoms with E-state index >= 15 is 0 Å². The van der Waals surface area contributed by atoms with Crippen LogP contribution in [-0.2, 0) is 4.79 Å². The number of benzene rings is 2. The first-order valence-electron chi connectivity index (χ1n) is 10.7. The summed E-state index contributed by atoms with van der Waals surface area (Å²) in [4.78, 5) is 40.6. The number of anilines is 1. The number of piperidine rings is 1. The maximum atomic E-state index is 13.1. The quantitative estimate of drug-likeness (QED) is 0.661. The number of aryl methyl sites for hydroxylation is 1. The number of carbonyl (C=O) groups excluding carboxylic acids is 2. The molecule has 1 spiro atoms. The lowest BCUT2D eigenvalue weighted by Gasteiger charge is -2.38. The number of amides is 2. The summed E-state index contributed by atoms with van der Waals surface area (Å²) in [5.41, 5.74) is 3.37. The minimum Gasteiger partial charge on any atom is -0.478 e. The average Bonchev–Trinajstić information content (AvgIpc) is 3.39. The predicted octanol–water partition coefficient (Wildman–Crippen LogP) is 3.23. The Hall–Kier alpha value is -3.68. The summed E-state index contributed by atoms with van der Waals surface area (Å²) < 4.78 is 0. The number of H-pyrrole nitrogens is 1. The molecule has 8 nitrogen and oxygen atoms in total. The Morgan fingerprint density at radius 3 is 2.50 bits per heavy atom. The number of carbonyl (C=O) groups is 3. The number of nitrogens with one attached hydrogen (secondary N) is 1. The van der Waals surface area contributed by atoms with Crippen molar-refractivity contribution in [2.45, 2.75) is 26.2 Å². The first kappa shape index (κ1) is 20.2. The van der Waals surface area contributed by atoms with E-state index in [1.54, 1.807) is 23.2 Å². The molecule has 2 fully saturated rings. The van der Waals surface area contributed by atoms with Crippen LogP contribution in [0.3, 0.4) is 0 Å². The number of likely N-dealkylation sites (tertiary alicyclic amines) is 1. The summed E-state index contributed by atoms with van der Waals surface area (Å²) >= 11 is 0. The molecule has 2 aromatic carbocycles. The van der Waals surface area contributed by atoms with Crippen molar-refractivity contribution in [3.8, 4) is 0 Å². The molecule has 2 aliphatic heterocycles. The van der Waals surface area contributed by atoms with Crippen molar-refractivity contribution in [3.05, 3.63) is 59.3 Å². The Bertz CT molecular complexity index is 1220. The third-order valence-corrected chi connectivity index (χ3v) is 6.85. The molecule has 2 aliphatic rings. The van der Waals surface area contributed by atoms with Crippen LogP contribution < -0.4 is 4.90 Å². The SMILES string of the molecule is Cc1cc(C(=O)N2CCC3(CC2)CC(=O)N(c2ccc(C(=O)O)cc2)C3)cc2cn[nH]c12. The number of nitrogens with zero attached hydrogens (tertiary/aromatic N) is 3. The summed E-state index contributed by atoms with van der Waals surface area (Å²) in [6, 6.07) is 10.2. The molecule has 0 bridgehead atoms. The molecule has 8 heteroatoms. The van der Waals surface area contributed by atoms with Crippen LogP contribution in [0.5, 0.6) is 0 Å². The fourth-order valence-electron chi connectivity index (χ4n) is 4.98. The second-order valence-electron chi connectivity index (χ2n) is 8.93. The van der Waals surface area contributed by atoms with Gasteiger partial charge in [-0.05, 0) is 61.7 Å². The van der Waals surface area contributed by atoms with E-state index in [-0.39, 0.29) is 22.8 Å². The molecule has 0 atom stereocenters. The van der Waals surface area contributed by atoms with Crippen LogP contribution in [0.25, 0.3) is 10.9 Å². The molecule has 0 radical (unpaired) electrons. The van der Waals surface area contributed by atoms with Gasteiger partial charge in [0.15, 0.2) is 0 Å². The van der Waals surface area contributed by atoms with Gasteiger partial charge in [0, 0.05) is 48.1 Å². The molecular formula is C24H24N4O4. The topological polar surface area (TPSA) is 107 Å². The van der Waals surface area contributed by atoms with Gasteiger partial charge in [0.1, 0.15) is 0 Å². The smallest absolute Gasteiger partial charge is 0.335 e. The molecule has 3 aromatic rings. The first-order valence-corrected chi connectivity index (χ1v) is 10.7. The first-order chi connectivity index (χ1) is 15.3. The Kier molecular flexibility index (Phi) is 4.73. The van der Waals surface area contributed by atoms with Crippen molar-refractivity contribution in [1.29, 1.82) is 0 Å². The highest BCUT2D eigenvalue weighted by atomic mass is 16.4. The van der Waals surface area contributed by atoms with Crippen molar-refractivity contribution < 1.29 is 19.5 Å². The van der Waals surface area contributed by atoms with Gasteiger partial charge in [0.25, 0.3) is 5.91 Å². The van der Waals surface area contributed by atoms with Gasteiger partial charge in [0.2, 0.25) is 5.91 Å². The highest BCUT2D eigenvalue weighted by Gasteiger charge is 2.46. The number of aromatic amines is 1. The molecule has 1 aromatic heterocycles. The van der Waals surface area contributed by atoms with Gasteiger partial charge in [-0.2, -0.15) is 5.10 Å². The van der Waals surface area contributed by atoms with Crippen molar-refractivity contribution in [1.82, 2.24) is 15.1 Å². The van der Waals surface area contributed by atoms with Crippen LogP contribution in [-0.4, -0.2) is 57.6 Å². The van der Waals surface area contributed by atoms with Crippen LogP contribution >= 0.6 is 0 Å². The van der Waals surface area contributed by atoms with E-state index in [0.29, 0.717) is 31.6 Å². The number of aromatic carboxylic acids is 1. The number of rotatable bonds is 3. The van der Waals surface area contributed by atoms with E-state index < -0.39 is 5.97 Å². The molecule has 3 heterocycles. The van der Waals surface area contributed by atoms with Crippen molar-refractivity contribution in [3.63, 3.8) is 0 Å². The van der Waals surface area contributed by atoms with Crippen LogP contribution in [0.15, 0.2) is 42.6 Å². The number of hydrogen-bond donors (Lipinski definition) is 2. The Labute approximate surface area is 184 Å². The number of aromatic nitrogens is 2. The largest absolute Gasteiger partial charge is 0.478 e. The van der Waals surface area contributed by atoms with Crippen LogP contribution in [0.1, 0.15) is 45.5 Å². The molecule has 2 N–H and O–H groups in total.